The summed E-state index contributed by atoms with van der Waals surface area (Å²) in [5.41, 5.74) is 0.511. The third-order valence-electron chi connectivity index (χ3n) is 5.57. The van der Waals surface area contributed by atoms with Crippen molar-refractivity contribution in [2.75, 3.05) is 43.5 Å². The van der Waals surface area contributed by atoms with E-state index >= 15 is 0 Å². The topological polar surface area (TPSA) is 104 Å². The highest BCUT2D eigenvalue weighted by Gasteiger charge is 2.31. The summed E-state index contributed by atoms with van der Waals surface area (Å²) < 4.78 is 50.3. The van der Waals surface area contributed by atoms with Crippen LogP contribution in [0.25, 0.3) is 0 Å². The number of nitrogens with zero attached hydrogens (tertiary/aromatic N) is 2. The standard InChI is InChI=1S/C19H29N3O5S2/c1-21(17-10-13-28(24,25)15-17)14-19(23)20-16-6-8-18(9-7-16)29(26,27)22-11-4-2-3-5-12-22/h6-9,17H,2-5,10-15H2,1H3,(H,20,23)/t17-/m0/s1. The van der Waals surface area contributed by atoms with Gasteiger partial charge in [-0.25, -0.2) is 16.8 Å². The number of benzene rings is 1. The first-order valence-corrected chi connectivity index (χ1v) is 13.2. The lowest BCUT2D eigenvalue weighted by molar-refractivity contribution is -0.117. The molecule has 2 aliphatic rings. The molecule has 1 aromatic rings. The van der Waals surface area contributed by atoms with Crippen molar-refractivity contribution < 1.29 is 21.6 Å². The van der Waals surface area contributed by atoms with Crippen LogP contribution in [0.3, 0.4) is 0 Å². The molecule has 10 heteroatoms. The van der Waals surface area contributed by atoms with Crippen LogP contribution in [-0.4, -0.2) is 76.2 Å². The van der Waals surface area contributed by atoms with Crippen molar-refractivity contribution in [3.63, 3.8) is 0 Å². The maximum atomic E-state index is 12.8. The predicted octanol–water partition coefficient (Wildman–Crippen LogP) is 1.31. The molecule has 1 atom stereocenters. The van der Waals surface area contributed by atoms with Gasteiger partial charge in [-0.15, -0.1) is 0 Å². The Morgan fingerprint density at radius 1 is 1.14 bits per heavy atom. The molecule has 0 saturated carbocycles. The van der Waals surface area contributed by atoms with E-state index in [2.05, 4.69) is 5.32 Å². The van der Waals surface area contributed by atoms with Crippen LogP contribution < -0.4 is 5.32 Å². The number of hydrogen-bond acceptors (Lipinski definition) is 6. The van der Waals surface area contributed by atoms with Crippen molar-refractivity contribution in [1.82, 2.24) is 9.21 Å². The van der Waals surface area contributed by atoms with Gasteiger partial charge in [-0.05, 0) is 50.6 Å². The van der Waals surface area contributed by atoms with Gasteiger partial charge in [-0.2, -0.15) is 4.31 Å². The second kappa shape index (κ2) is 9.11. The quantitative estimate of drug-likeness (QED) is 0.711. The minimum absolute atomic E-state index is 0.0774. The van der Waals surface area contributed by atoms with Crippen molar-refractivity contribution in [2.45, 2.75) is 43.0 Å². The lowest BCUT2D eigenvalue weighted by Gasteiger charge is -2.22. The predicted molar refractivity (Wildman–Crippen MR) is 112 cm³/mol. The number of anilines is 1. The summed E-state index contributed by atoms with van der Waals surface area (Å²) >= 11 is 0. The Labute approximate surface area is 173 Å². The molecule has 0 radical (unpaired) electrons. The summed E-state index contributed by atoms with van der Waals surface area (Å²) in [7, 11) is -4.78. The average Bonchev–Trinajstić information content (AvgIpc) is 2.85. The van der Waals surface area contributed by atoms with Crippen LogP contribution in [0, 0.1) is 0 Å². The molecule has 8 nitrogen and oxygen atoms in total. The van der Waals surface area contributed by atoms with Gasteiger partial charge in [0.2, 0.25) is 15.9 Å². The number of hydrogen-bond donors (Lipinski definition) is 1. The van der Waals surface area contributed by atoms with Crippen molar-refractivity contribution in [3.8, 4) is 0 Å². The zero-order chi connectivity index (χ0) is 21.1. The number of rotatable bonds is 6. The third kappa shape index (κ3) is 5.78. The Hall–Kier alpha value is -1.49. The van der Waals surface area contributed by atoms with Gasteiger partial charge in [0, 0.05) is 24.8 Å². The van der Waals surface area contributed by atoms with E-state index in [4.69, 9.17) is 0 Å². The summed E-state index contributed by atoms with van der Waals surface area (Å²) in [4.78, 5) is 14.3. The zero-order valence-electron chi connectivity index (χ0n) is 16.7. The fraction of sp³-hybridized carbons (Fsp3) is 0.632. The molecule has 2 aliphatic heterocycles. The SMILES string of the molecule is CN(CC(=O)Nc1ccc(S(=O)(=O)N2CCCCCC2)cc1)[C@H]1CCS(=O)(=O)C1. The van der Waals surface area contributed by atoms with Gasteiger partial charge < -0.3 is 5.32 Å². The number of carbonyl (C=O) groups is 1. The van der Waals surface area contributed by atoms with Crippen molar-refractivity contribution >= 4 is 31.5 Å². The fourth-order valence-electron chi connectivity index (χ4n) is 3.82. The Morgan fingerprint density at radius 2 is 1.76 bits per heavy atom. The van der Waals surface area contributed by atoms with Crippen LogP contribution in [0.15, 0.2) is 29.2 Å². The Bertz CT molecular complexity index is 921. The summed E-state index contributed by atoms with van der Waals surface area (Å²) in [5, 5.41) is 2.75. The fourth-order valence-corrected chi connectivity index (χ4v) is 7.14. The van der Waals surface area contributed by atoms with Gasteiger partial charge in [0.25, 0.3) is 0 Å². The third-order valence-corrected chi connectivity index (χ3v) is 9.23. The lowest BCUT2D eigenvalue weighted by atomic mass is 10.2. The maximum absolute atomic E-state index is 12.8. The largest absolute Gasteiger partial charge is 0.325 e. The number of amides is 1. The van der Waals surface area contributed by atoms with E-state index < -0.39 is 19.9 Å². The minimum atomic E-state index is -3.52. The molecule has 1 N–H and O–H groups in total. The van der Waals surface area contributed by atoms with Crippen molar-refractivity contribution in [2.24, 2.45) is 0 Å². The molecule has 0 aliphatic carbocycles. The molecule has 0 spiro atoms. The van der Waals surface area contributed by atoms with Crippen LogP contribution in [-0.2, 0) is 24.7 Å². The molecule has 0 unspecified atom stereocenters. The number of sulfonamides is 1. The maximum Gasteiger partial charge on any atom is 0.243 e. The molecule has 2 saturated heterocycles. The summed E-state index contributed by atoms with van der Waals surface area (Å²) in [6.07, 6.45) is 4.40. The lowest BCUT2D eigenvalue weighted by Crippen LogP contribution is -2.38. The smallest absolute Gasteiger partial charge is 0.243 e. The first-order chi connectivity index (χ1) is 13.7. The Morgan fingerprint density at radius 3 is 2.31 bits per heavy atom. The second-order valence-electron chi connectivity index (χ2n) is 7.86. The first-order valence-electron chi connectivity index (χ1n) is 9.98. The van der Waals surface area contributed by atoms with Crippen LogP contribution in [0.1, 0.15) is 32.1 Å². The molecule has 29 heavy (non-hydrogen) atoms. The van der Waals surface area contributed by atoms with Gasteiger partial charge in [-0.3, -0.25) is 9.69 Å². The van der Waals surface area contributed by atoms with Gasteiger partial charge >= 0.3 is 0 Å². The van der Waals surface area contributed by atoms with Crippen LogP contribution >= 0.6 is 0 Å². The molecule has 0 aromatic heterocycles. The Balaban J connectivity index is 1.58. The number of carbonyl (C=O) groups excluding carboxylic acids is 1. The van der Waals surface area contributed by atoms with Crippen molar-refractivity contribution in [1.29, 1.82) is 0 Å². The van der Waals surface area contributed by atoms with E-state index in [1.165, 1.54) is 16.4 Å². The number of sulfone groups is 1. The van der Waals surface area contributed by atoms with Crippen molar-refractivity contribution in [3.05, 3.63) is 24.3 Å². The van der Waals surface area contributed by atoms with Gasteiger partial charge in [0.15, 0.2) is 9.84 Å². The molecule has 1 aromatic carbocycles. The molecule has 3 rings (SSSR count). The van der Waals surface area contributed by atoms with Gasteiger partial charge in [0.1, 0.15) is 0 Å². The molecule has 162 valence electrons. The molecule has 2 fully saturated rings. The van der Waals surface area contributed by atoms with Crippen LogP contribution in [0.5, 0.6) is 0 Å². The highest BCUT2D eigenvalue weighted by atomic mass is 32.2. The zero-order valence-corrected chi connectivity index (χ0v) is 18.3. The van der Waals surface area contributed by atoms with E-state index in [9.17, 15) is 21.6 Å². The highest BCUT2D eigenvalue weighted by molar-refractivity contribution is 7.91. The average molecular weight is 444 g/mol. The molecule has 0 bridgehead atoms. The Kier molecular flexibility index (Phi) is 6.98. The van der Waals surface area contributed by atoms with E-state index in [-0.39, 0.29) is 34.9 Å². The second-order valence-corrected chi connectivity index (χ2v) is 12.0. The van der Waals surface area contributed by atoms with E-state index in [1.807, 2.05) is 0 Å². The van der Waals surface area contributed by atoms with E-state index in [0.717, 1.165) is 25.7 Å². The van der Waals surface area contributed by atoms with Gasteiger partial charge in [0.05, 0.1) is 22.9 Å². The monoisotopic (exact) mass is 443 g/mol. The normalized spacial score (nSPS) is 23.0. The molecular formula is C19H29N3O5S2. The number of nitrogens with one attached hydrogen (secondary N) is 1. The molecular weight excluding hydrogens is 414 g/mol. The highest BCUT2D eigenvalue weighted by Crippen LogP contribution is 2.22. The van der Waals surface area contributed by atoms with E-state index in [0.29, 0.717) is 25.2 Å². The van der Waals surface area contributed by atoms with E-state index in [1.54, 1.807) is 24.1 Å². The van der Waals surface area contributed by atoms with Crippen LogP contribution in [0.4, 0.5) is 5.69 Å². The minimum Gasteiger partial charge on any atom is -0.325 e. The van der Waals surface area contributed by atoms with Crippen LogP contribution in [0.2, 0.25) is 0 Å². The number of likely N-dealkylation sites (N-methyl/N-ethyl adjacent to an activating group) is 1. The molecule has 1 amide bonds. The summed E-state index contributed by atoms with van der Waals surface area (Å²) in [5.74, 6) is -0.0175. The molecule has 2 heterocycles. The first kappa shape index (κ1) is 22.2. The summed E-state index contributed by atoms with van der Waals surface area (Å²) in [6.45, 7) is 1.17. The summed E-state index contributed by atoms with van der Waals surface area (Å²) in [6, 6.07) is 6.06. The van der Waals surface area contributed by atoms with Gasteiger partial charge in [-0.1, -0.05) is 12.8 Å².